The summed E-state index contributed by atoms with van der Waals surface area (Å²) in [5.74, 6) is -0.199. The van der Waals surface area contributed by atoms with E-state index in [9.17, 15) is 14.4 Å². The predicted octanol–water partition coefficient (Wildman–Crippen LogP) is 5.70. The molecule has 3 aromatic carbocycles. The Balaban J connectivity index is 1.56. The van der Waals surface area contributed by atoms with Crippen molar-refractivity contribution in [3.8, 4) is 22.6 Å². The fourth-order valence-electron chi connectivity index (χ4n) is 5.54. The summed E-state index contributed by atoms with van der Waals surface area (Å²) in [6.45, 7) is 9.88. The van der Waals surface area contributed by atoms with Crippen LogP contribution < -0.4 is 20.1 Å². The van der Waals surface area contributed by atoms with Crippen molar-refractivity contribution in [2.75, 3.05) is 40.5 Å². The van der Waals surface area contributed by atoms with Crippen LogP contribution in [0.2, 0.25) is 10.0 Å². The highest BCUT2D eigenvalue weighted by Gasteiger charge is 2.33. The number of esters is 2. The zero-order valence-electron chi connectivity index (χ0n) is 28.2. The van der Waals surface area contributed by atoms with E-state index in [2.05, 4.69) is 15.5 Å². The van der Waals surface area contributed by atoms with Gasteiger partial charge in [0.25, 0.3) is 5.91 Å². The number of ether oxygens (including phenoxy) is 4. The van der Waals surface area contributed by atoms with Crippen LogP contribution in [0, 0.1) is 0 Å². The molecule has 0 radical (unpaired) electrons. The Labute approximate surface area is 292 Å². The molecule has 10 nitrogen and oxygen atoms in total. The first-order valence-corrected chi connectivity index (χ1v) is 16.5. The fraction of sp³-hybridized carbons (Fsp3) is 0.417. The van der Waals surface area contributed by atoms with Gasteiger partial charge in [0.2, 0.25) is 0 Å². The number of hydrogen-bond donors (Lipinski definition) is 2. The average Bonchev–Trinajstić information content (AvgIpc) is 3.04. The maximum atomic E-state index is 13.1. The van der Waals surface area contributed by atoms with Crippen molar-refractivity contribution in [2.24, 2.45) is 0 Å². The van der Waals surface area contributed by atoms with Crippen molar-refractivity contribution >= 4 is 41.0 Å². The van der Waals surface area contributed by atoms with Gasteiger partial charge in [0, 0.05) is 32.6 Å². The Hall–Kier alpha value is -3.83. The van der Waals surface area contributed by atoms with Gasteiger partial charge in [0.05, 0.1) is 42.0 Å². The normalized spacial score (nSPS) is 15.7. The number of nitrogens with one attached hydrogen (secondary N) is 2. The van der Waals surface area contributed by atoms with Crippen molar-refractivity contribution in [3.05, 3.63) is 81.3 Å². The van der Waals surface area contributed by atoms with Crippen molar-refractivity contribution in [1.82, 2.24) is 15.5 Å². The first-order valence-electron chi connectivity index (χ1n) is 15.8. The molecule has 1 aliphatic rings. The third-order valence-corrected chi connectivity index (χ3v) is 8.36. The largest absolute Gasteiger partial charge is 0.496 e. The van der Waals surface area contributed by atoms with Crippen LogP contribution in [-0.2, 0) is 32.0 Å². The van der Waals surface area contributed by atoms with Crippen LogP contribution in [0.25, 0.3) is 11.1 Å². The summed E-state index contributed by atoms with van der Waals surface area (Å²) >= 11 is 12.5. The van der Waals surface area contributed by atoms with E-state index in [1.807, 2.05) is 57.2 Å². The SMILES string of the molecule is CCOC(=O)[C@H](Cc1ccc(-c2c(OC)cc(CN3CCNCC3C(=O)OC(C)(C)C)cc2OC)cc1)NC(=O)c1c(Cl)cccc1Cl. The lowest BCUT2D eigenvalue weighted by molar-refractivity contribution is -0.162. The van der Waals surface area contributed by atoms with Crippen molar-refractivity contribution < 1.29 is 33.3 Å². The van der Waals surface area contributed by atoms with Crippen LogP contribution >= 0.6 is 23.2 Å². The molecule has 0 saturated carbocycles. The van der Waals surface area contributed by atoms with E-state index in [0.717, 1.165) is 28.8 Å². The van der Waals surface area contributed by atoms with Crippen LogP contribution in [0.3, 0.4) is 0 Å². The van der Waals surface area contributed by atoms with Crippen LogP contribution in [0.4, 0.5) is 0 Å². The molecule has 3 aromatic rings. The van der Waals surface area contributed by atoms with E-state index in [0.29, 0.717) is 31.1 Å². The predicted molar refractivity (Wildman–Crippen MR) is 186 cm³/mol. The zero-order valence-corrected chi connectivity index (χ0v) is 29.7. The summed E-state index contributed by atoms with van der Waals surface area (Å²) in [5.41, 5.74) is 2.79. The van der Waals surface area contributed by atoms with E-state index >= 15 is 0 Å². The summed E-state index contributed by atoms with van der Waals surface area (Å²) in [4.78, 5) is 41.1. The monoisotopic (exact) mass is 699 g/mol. The number of amides is 1. The minimum Gasteiger partial charge on any atom is -0.496 e. The third kappa shape index (κ3) is 9.41. The van der Waals surface area contributed by atoms with Gasteiger partial charge in [-0.15, -0.1) is 0 Å². The Kier molecular flexibility index (Phi) is 12.7. The quantitative estimate of drug-likeness (QED) is 0.230. The number of halogens is 2. The molecule has 48 heavy (non-hydrogen) atoms. The molecule has 0 spiro atoms. The number of rotatable bonds is 12. The molecule has 12 heteroatoms. The first-order chi connectivity index (χ1) is 22.8. The molecule has 1 aliphatic heterocycles. The number of carbonyl (C=O) groups excluding carboxylic acids is 3. The molecule has 2 atom stereocenters. The smallest absolute Gasteiger partial charge is 0.328 e. The molecule has 0 aromatic heterocycles. The van der Waals surface area contributed by atoms with Gasteiger partial charge in [-0.1, -0.05) is 53.5 Å². The molecule has 1 saturated heterocycles. The molecule has 1 unspecified atom stereocenters. The second-order valence-electron chi connectivity index (χ2n) is 12.4. The van der Waals surface area contributed by atoms with Gasteiger partial charge in [0.15, 0.2) is 0 Å². The molecular weight excluding hydrogens is 657 g/mol. The van der Waals surface area contributed by atoms with Gasteiger partial charge >= 0.3 is 11.9 Å². The molecule has 0 bridgehead atoms. The van der Waals surface area contributed by atoms with E-state index < -0.39 is 29.6 Å². The average molecular weight is 701 g/mol. The summed E-state index contributed by atoms with van der Waals surface area (Å²) in [5, 5.41) is 6.38. The van der Waals surface area contributed by atoms with Crippen molar-refractivity contribution in [3.63, 3.8) is 0 Å². The van der Waals surface area contributed by atoms with E-state index in [4.69, 9.17) is 42.1 Å². The first kappa shape index (κ1) is 37.0. The zero-order chi connectivity index (χ0) is 35.0. The number of carbonyl (C=O) groups is 3. The van der Waals surface area contributed by atoms with E-state index in [1.165, 1.54) is 0 Å². The lowest BCUT2D eigenvalue weighted by atomic mass is 9.97. The fourth-order valence-corrected chi connectivity index (χ4v) is 6.11. The highest BCUT2D eigenvalue weighted by Crippen LogP contribution is 2.40. The van der Waals surface area contributed by atoms with Crippen LogP contribution in [0.15, 0.2) is 54.6 Å². The third-order valence-electron chi connectivity index (χ3n) is 7.73. The Morgan fingerprint density at radius 3 is 2.17 bits per heavy atom. The Bertz CT molecular complexity index is 1560. The lowest BCUT2D eigenvalue weighted by Crippen LogP contribution is -2.55. The Morgan fingerprint density at radius 1 is 0.979 bits per heavy atom. The molecule has 1 fully saturated rings. The minimum atomic E-state index is -0.978. The number of hydrogen-bond acceptors (Lipinski definition) is 9. The maximum Gasteiger partial charge on any atom is 0.328 e. The highest BCUT2D eigenvalue weighted by molar-refractivity contribution is 6.39. The summed E-state index contributed by atoms with van der Waals surface area (Å²) in [6.07, 6.45) is 0.170. The number of methoxy groups -OCH3 is 2. The molecule has 4 rings (SSSR count). The van der Waals surface area contributed by atoms with Gasteiger partial charge in [0.1, 0.15) is 29.2 Å². The van der Waals surface area contributed by atoms with Crippen LogP contribution in [-0.4, -0.2) is 80.9 Å². The maximum absolute atomic E-state index is 13.1. The van der Waals surface area contributed by atoms with E-state index in [-0.39, 0.29) is 34.6 Å². The number of benzene rings is 3. The van der Waals surface area contributed by atoms with Gasteiger partial charge in [-0.05, 0) is 68.7 Å². The summed E-state index contributed by atoms with van der Waals surface area (Å²) in [7, 11) is 3.20. The van der Waals surface area contributed by atoms with Crippen molar-refractivity contribution in [2.45, 2.75) is 58.3 Å². The molecule has 0 aliphatic carbocycles. The second-order valence-corrected chi connectivity index (χ2v) is 13.2. The molecular formula is C36H43Cl2N3O7. The summed E-state index contributed by atoms with van der Waals surface area (Å²) in [6, 6.07) is 14.8. The molecule has 2 N–H and O–H groups in total. The van der Waals surface area contributed by atoms with Crippen molar-refractivity contribution in [1.29, 1.82) is 0 Å². The van der Waals surface area contributed by atoms with Gasteiger partial charge in [-0.25, -0.2) is 4.79 Å². The van der Waals surface area contributed by atoms with Gasteiger partial charge in [-0.2, -0.15) is 0 Å². The van der Waals surface area contributed by atoms with Crippen LogP contribution in [0.5, 0.6) is 11.5 Å². The number of piperazine rings is 1. The molecule has 258 valence electrons. The molecule has 1 amide bonds. The van der Waals surface area contributed by atoms with E-state index in [1.54, 1.807) is 39.3 Å². The topological polar surface area (TPSA) is 115 Å². The lowest BCUT2D eigenvalue weighted by Gasteiger charge is -2.36. The van der Waals surface area contributed by atoms with Crippen LogP contribution in [0.1, 0.15) is 49.2 Å². The Morgan fingerprint density at radius 2 is 1.60 bits per heavy atom. The van der Waals surface area contributed by atoms with Gasteiger partial charge < -0.3 is 29.6 Å². The van der Waals surface area contributed by atoms with Gasteiger partial charge in [-0.3, -0.25) is 14.5 Å². The summed E-state index contributed by atoms with van der Waals surface area (Å²) < 4.78 is 22.6. The minimum absolute atomic E-state index is 0.0884. The standard InChI is InChI=1S/C36H43Cl2N3O7/c1-7-47-34(43)27(40-33(42)32-25(37)9-8-10-26(32)38)17-22-11-13-24(14-12-22)31-29(45-5)18-23(19-30(31)46-6)21-41-16-15-39-20-28(41)35(44)48-36(2,3)4/h8-14,18-19,27-28,39H,7,15-17,20-21H2,1-6H3,(H,40,42)/t27-,28?/m0/s1. The molecule has 1 heterocycles. The number of nitrogens with zero attached hydrogens (tertiary/aromatic N) is 1. The second kappa shape index (κ2) is 16.5. The highest BCUT2D eigenvalue weighted by atomic mass is 35.5.